The third kappa shape index (κ3) is 3.18. The van der Waals surface area contributed by atoms with E-state index in [0.717, 1.165) is 27.0 Å². The number of rotatable bonds is 4. The molecule has 0 saturated heterocycles. The van der Waals surface area contributed by atoms with Crippen molar-refractivity contribution in [1.82, 2.24) is 29.8 Å². The van der Waals surface area contributed by atoms with Crippen LogP contribution in [0.3, 0.4) is 0 Å². The summed E-state index contributed by atoms with van der Waals surface area (Å²) in [6.45, 7) is 5.41. The van der Waals surface area contributed by atoms with Gasteiger partial charge in [-0.25, -0.2) is 9.36 Å². The number of hydrogen-bond donors (Lipinski definition) is 2. The number of fused-ring (bicyclic) bond motifs is 1. The number of anilines is 1. The van der Waals surface area contributed by atoms with E-state index in [1.54, 1.807) is 36.0 Å². The molecule has 0 aliphatic rings. The van der Waals surface area contributed by atoms with Gasteiger partial charge in [-0.2, -0.15) is 10.2 Å². The molecule has 0 fully saturated rings. The maximum atomic E-state index is 12.7. The highest BCUT2D eigenvalue weighted by atomic mass is 16.2. The molecule has 0 aliphatic carbocycles. The fourth-order valence-electron chi connectivity index (χ4n) is 3.04. The van der Waals surface area contributed by atoms with Crippen molar-refractivity contribution >= 4 is 22.5 Å². The number of hydrogen-bond acceptors (Lipinski definition) is 5. The molecule has 3 aromatic heterocycles. The van der Waals surface area contributed by atoms with Gasteiger partial charge < -0.3 is 5.32 Å². The predicted molar refractivity (Wildman–Crippen MR) is 105 cm³/mol. The van der Waals surface area contributed by atoms with Gasteiger partial charge in [-0.15, -0.1) is 5.10 Å². The molecule has 2 N–H and O–H groups in total. The van der Waals surface area contributed by atoms with Crippen LogP contribution in [0.25, 0.3) is 16.7 Å². The highest BCUT2D eigenvalue weighted by Crippen LogP contribution is 2.18. The van der Waals surface area contributed by atoms with Crippen molar-refractivity contribution in [2.24, 2.45) is 0 Å². The fourth-order valence-corrected chi connectivity index (χ4v) is 3.04. The maximum Gasteiger partial charge on any atom is 0.267 e. The largest absolute Gasteiger partial charge is 0.324 e. The Labute approximate surface area is 160 Å². The SMILES string of the molecule is Cc1cc(C)n(-c2ccc(=O)n(C(C)C(=O)Nc3ccc4cn[nH]c4c3)n2)n1. The van der Waals surface area contributed by atoms with Gasteiger partial charge in [-0.05, 0) is 51.1 Å². The van der Waals surface area contributed by atoms with E-state index >= 15 is 0 Å². The first-order valence-electron chi connectivity index (χ1n) is 8.80. The summed E-state index contributed by atoms with van der Waals surface area (Å²) in [6.07, 6.45) is 1.71. The van der Waals surface area contributed by atoms with Crippen LogP contribution in [0.5, 0.6) is 0 Å². The highest BCUT2D eigenvalue weighted by molar-refractivity contribution is 5.95. The van der Waals surface area contributed by atoms with Crippen molar-refractivity contribution < 1.29 is 4.79 Å². The number of benzene rings is 1. The van der Waals surface area contributed by atoms with Crippen LogP contribution >= 0.6 is 0 Å². The lowest BCUT2D eigenvalue weighted by Crippen LogP contribution is -2.33. The molecule has 9 heteroatoms. The van der Waals surface area contributed by atoms with E-state index in [-0.39, 0.29) is 11.5 Å². The highest BCUT2D eigenvalue weighted by Gasteiger charge is 2.19. The summed E-state index contributed by atoms with van der Waals surface area (Å²) >= 11 is 0. The molecule has 1 aromatic carbocycles. The van der Waals surface area contributed by atoms with Crippen molar-refractivity contribution in [3.8, 4) is 5.82 Å². The third-order valence-corrected chi connectivity index (χ3v) is 4.49. The van der Waals surface area contributed by atoms with E-state index in [2.05, 4.69) is 25.7 Å². The van der Waals surface area contributed by atoms with E-state index in [1.807, 2.05) is 26.0 Å². The smallest absolute Gasteiger partial charge is 0.267 e. The number of carbonyl (C=O) groups is 1. The Bertz CT molecular complexity index is 1230. The lowest BCUT2D eigenvalue weighted by Gasteiger charge is -2.15. The van der Waals surface area contributed by atoms with E-state index < -0.39 is 6.04 Å². The number of nitrogens with zero attached hydrogens (tertiary/aromatic N) is 5. The zero-order valence-electron chi connectivity index (χ0n) is 15.7. The molecule has 0 spiro atoms. The molecular weight excluding hydrogens is 358 g/mol. The molecule has 0 aliphatic heterocycles. The molecule has 4 aromatic rings. The Kier molecular flexibility index (Phi) is 4.26. The molecule has 0 saturated carbocycles. The quantitative estimate of drug-likeness (QED) is 0.566. The topological polar surface area (TPSA) is 110 Å². The normalized spacial score (nSPS) is 12.2. The predicted octanol–water partition coefficient (Wildman–Crippen LogP) is 2.12. The van der Waals surface area contributed by atoms with Crippen LogP contribution in [0.2, 0.25) is 0 Å². The van der Waals surface area contributed by atoms with Crippen LogP contribution < -0.4 is 10.9 Å². The second kappa shape index (κ2) is 6.76. The van der Waals surface area contributed by atoms with Gasteiger partial charge in [-0.1, -0.05) is 0 Å². The Morgan fingerprint density at radius 2 is 1.96 bits per heavy atom. The summed E-state index contributed by atoms with van der Waals surface area (Å²) in [6, 6.07) is 9.52. The first kappa shape index (κ1) is 17.7. The fraction of sp³-hybridized carbons (Fsp3) is 0.211. The Morgan fingerprint density at radius 3 is 2.71 bits per heavy atom. The van der Waals surface area contributed by atoms with Gasteiger partial charge in [-0.3, -0.25) is 14.7 Å². The zero-order valence-corrected chi connectivity index (χ0v) is 15.7. The number of aromatic amines is 1. The summed E-state index contributed by atoms with van der Waals surface area (Å²) in [5.74, 6) is 0.128. The minimum atomic E-state index is -0.804. The number of H-pyrrole nitrogens is 1. The van der Waals surface area contributed by atoms with Gasteiger partial charge in [0, 0.05) is 22.8 Å². The van der Waals surface area contributed by atoms with Crippen molar-refractivity contribution in [1.29, 1.82) is 0 Å². The average molecular weight is 377 g/mol. The van der Waals surface area contributed by atoms with Crippen molar-refractivity contribution in [2.75, 3.05) is 5.32 Å². The Balaban J connectivity index is 1.62. The number of aromatic nitrogens is 6. The molecule has 142 valence electrons. The number of carbonyl (C=O) groups excluding carboxylic acids is 1. The van der Waals surface area contributed by atoms with Gasteiger partial charge in [0.05, 0.1) is 17.4 Å². The van der Waals surface area contributed by atoms with E-state index in [4.69, 9.17) is 0 Å². The first-order valence-corrected chi connectivity index (χ1v) is 8.80. The maximum absolute atomic E-state index is 12.7. The molecule has 1 atom stereocenters. The monoisotopic (exact) mass is 377 g/mol. The lowest BCUT2D eigenvalue weighted by molar-refractivity contribution is -0.119. The summed E-state index contributed by atoms with van der Waals surface area (Å²) in [7, 11) is 0. The zero-order chi connectivity index (χ0) is 19.8. The van der Waals surface area contributed by atoms with Gasteiger partial charge in [0.15, 0.2) is 5.82 Å². The standard InChI is InChI=1S/C19H19N7O2/c1-11-8-12(2)25(23-11)17-6-7-18(27)26(24-17)13(3)19(28)21-15-5-4-14-10-20-22-16(14)9-15/h4-10,13H,1-3H3,(H,20,22)(H,21,28). The summed E-state index contributed by atoms with van der Waals surface area (Å²) in [4.78, 5) is 25.0. The summed E-state index contributed by atoms with van der Waals surface area (Å²) < 4.78 is 2.80. The Morgan fingerprint density at radius 1 is 1.14 bits per heavy atom. The first-order chi connectivity index (χ1) is 13.4. The molecule has 3 heterocycles. The van der Waals surface area contributed by atoms with E-state index in [1.165, 1.54) is 6.07 Å². The van der Waals surface area contributed by atoms with Crippen LogP contribution in [-0.4, -0.2) is 35.7 Å². The molecular formula is C19H19N7O2. The van der Waals surface area contributed by atoms with Crippen LogP contribution in [0.15, 0.2) is 47.4 Å². The van der Waals surface area contributed by atoms with E-state index in [0.29, 0.717) is 11.5 Å². The number of amides is 1. The van der Waals surface area contributed by atoms with Gasteiger partial charge in [0.2, 0.25) is 5.91 Å². The van der Waals surface area contributed by atoms with Crippen molar-refractivity contribution in [2.45, 2.75) is 26.8 Å². The molecule has 0 bridgehead atoms. The lowest BCUT2D eigenvalue weighted by atomic mass is 10.2. The minimum absolute atomic E-state index is 0.348. The van der Waals surface area contributed by atoms with E-state index in [9.17, 15) is 9.59 Å². The van der Waals surface area contributed by atoms with Crippen LogP contribution in [0.4, 0.5) is 5.69 Å². The van der Waals surface area contributed by atoms with Crippen LogP contribution in [-0.2, 0) is 4.79 Å². The Hall–Kier alpha value is -3.75. The second-order valence-electron chi connectivity index (χ2n) is 6.65. The van der Waals surface area contributed by atoms with Crippen LogP contribution in [0.1, 0.15) is 24.4 Å². The second-order valence-corrected chi connectivity index (χ2v) is 6.65. The molecule has 0 radical (unpaired) electrons. The van der Waals surface area contributed by atoms with Gasteiger partial charge in [0.1, 0.15) is 6.04 Å². The van der Waals surface area contributed by atoms with Gasteiger partial charge in [0.25, 0.3) is 5.56 Å². The summed E-state index contributed by atoms with van der Waals surface area (Å²) in [5, 5.41) is 19.3. The van der Waals surface area contributed by atoms with Crippen molar-refractivity contribution in [3.05, 3.63) is 64.3 Å². The molecule has 1 amide bonds. The molecule has 4 rings (SSSR count). The minimum Gasteiger partial charge on any atom is -0.324 e. The summed E-state index contributed by atoms with van der Waals surface area (Å²) in [5.41, 5.74) is 2.79. The van der Waals surface area contributed by atoms with Crippen molar-refractivity contribution in [3.63, 3.8) is 0 Å². The molecule has 9 nitrogen and oxygen atoms in total. The van der Waals surface area contributed by atoms with Crippen LogP contribution in [0, 0.1) is 13.8 Å². The van der Waals surface area contributed by atoms with Gasteiger partial charge >= 0.3 is 0 Å². The molecule has 1 unspecified atom stereocenters. The number of aryl methyl sites for hydroxylation is 2. The molecule has 28 heavy (non-hydrogen) atoms. The average Bonchev–Trinajstić information content (AvgIpc) is 3.26. The third-order valence-electron chi connectivity index (χ3n) is 4.49. The number of nitrogens with one attached hydrogen (secondary N) is 2.